The van der Waals surface area contributed by atoms with Crippen LogP contribution in [-0.4, -0.2) is 44.3 Å². The average Bonchev–Trinajstić information content (AvgIpc) is 2.91. The molecule has 1 unspecified atom stereocenters. The molecule has 1 amide bonds. The zero-order valence-electron chi connectivity index (χ0n) is 20.8. The Hall–Kier alpha value is -3.38. The number of carbonyl (C=O) groups excluding carboxylic acids is 2. The standard InChI is InChI=1S/C13H17NO3.3C6H5.Sn.H/c1-3-17-13(16)12(14-10(2)15)9-11-7-5-4-6-8-11;3*1-2-4-6-5-3-1;;/h4-8,12H,3,9H2,1-2H3,(H,14,15);3*1-5H;;. The summed E-state index contributed by atoms with van der Waals surface area (Å²) in [5.41, 5.74) is 0.985. The van der Waals surface area contributed by atoms with Crippen molar-refractivity contribution < 1.29 is 14.3 Å². The van der Waals surface area contributed by atoms with Gasteiger partial charge in [-0.1, -0.05) is 30.3 Å². The summed E-state index contributed by atoms with van der Waals surface area (Å²) in [4.78, 5) is 22.7. The second-order valence-electron chi connectivity index (χ2n) is 8.36. The maximum atomic E-state index is 11.6. The maximum absolute atomic E-state index is 11.6. The predicted molar refractivity (Wildman–Crippen MR) is 150 cm³/mol. The van der Waals surface area contributed by atoms with Gasteiger partial charge in [0.2, 0.25) is 5.91 Å². The zero-order valence-corrected chi connectivity index (χ0v) is 24.1. The summed E-state index contributed by atoms with van der Waals surface area (Å²) in [6, 6.07) is 41.9. The van der Waals surface area contributed by atoms with Gasteiger partial charge in [0.05, 0.1) is 6.61 Å². The van der Waals surface area contributed by atoms with Gasteiger partial charge in [-0.15, -0.1) is 0 Å². The van der Waals surface area contributed by atoms with Crippen molar-refractivity contribution in [3.8, 4) is 0 Å². The summed E-state index contributed by atoms with van der Waals surface area (Å²) in [6.07, 6.45) is 0.444. The first-order chi connectivity index (χ1) is 17.6. The normalized spacial score (nSPS) is 11.1. The molecule has 1 atom stereocenters. The van der Waals surface area contributed by atoms with Crippen LogP contribution in [0.5, 0.6) is 0 Å². The quantitative estimate of drug-likeness (QED) is 0.255. The number of ether oxygens (including phenoxy) is 1. The van der Waals surface area contributed by atoms with Gasteiger partial charge in [-0.3, -0.25) is 4.79 Å². The van der Waals surface area contributed by atoms with Crippen LogP contribution in [0.1, 0.15) is 19.4 Å². The molecule has 5 heteroatoms. The summed E-state index contributed by atoms with van der Waals surface area (Å²) in [7, 11) is 0. The summed E-state index contributed by atoms with van der Waals surface area (Å²) >= 11 is -2.14. The van der Waals surface area contributed by atoms with E-state index in [1.807, 2.05) is 30.3 Å². The molecule has 0 heterocycles. The van der Waals surface area contributed by atoms with Gasteiger partial charge in [-0.2, -0.15) is 0 Å². The third-order valence-corrected chi connectivity index (χ3v) is 14.6. The van der Waals surface area contributed by atoms with E-state index in [0.29, 0.717) is 13.0 Å². The molecule has 0 aromatic heterocycles. The van der Waals surface area contributed by atoms with Gasteiger partial charge >= 0.3 is 127 Å². The van der Waals surface area contributed by atoms with E-state index in [1.165, 1.54) is 6.92 Å². The average molecular weight is 586 g/mol. The van der Waals surface area contributed by atoms with Gasteiger partial charge in [0, 0.05) is 13.3 Å². The molecule has 0 aliphatic heterocycles. The molecule has 0 saturated carbocycles. The summed E-state index contributed by atoms with van der Waals surface area (Å²) in [5.74, 6) is -0.634. The summed E-state index contributed by atoms with van der Waals surface area (Å²) < 4.78 is 9.55. The second-order valence-corrected chi connectivity index (χ2v) is 16.5. The topological polar surface area (TPSA) is 55.4 Å². The van der Waals surface area contributed by atoms with E-state index < -0.39 is 31.8 Å². The molecule has 4 rings (SSSR count). The Kier molecular flexibility index (Phi) is 11.3. The molecule has 0 aliphatic rings. The molecule has 0 spiro atoms. The molecule has 4 nitrogen and oxygen atoms in total. The monoisotopic (exact) mass is 587 g/mol. The van der Waals surface area contributed by atoms with E-state index in [2.05, 4.69) is 96.3 Å². The summed E-state index contributed by atoms with van der Waals surface area (Å²) in [5, 5.41) is 2.60. The van der Waals surface area contributed by atoms with E-state index in [0.717, 1.165) is 5.56 Å². The van der Waals surface area contributed by atoms with Crippen molar-refractivity contribution in [3.05, 3.63) is 127 Å². The van der Waals surface area contributed by atoms with Crippen molar-refractivity contribution in [2.24, 2.45) is 0 Å². The van der Waals surface area contributed by atoms with Gasteiger partial charge in [0.15, 0.2) is 0 Å². The summed E-state index contributed by atoms with van der Waals surface area (Å²) in [6.45, 7) is 3.44. The molecule has 36 heavy (non-hydrogen) atoms. The molecule has 0 saturated heterocycles. The number of carbonyl (C=O) groups is 2. The Morgan fingerprint density at radius 2 is 1.08 bits per heavy atom. The van der Waals surface area contributed by atoms with Crippen molar-refractivity contribution in [2.45, 2.75) is 26.3 Å². The van der Waals surface area contributed by atoms with Gasteiger partial charge in [0.1, 0.15) is 6.04 Å². The number of rotatable bonds is 8. The van der Waals surface area contributed by atoms with E-state index in [9.17, 15) is 9.59 Å². The predicted octanol–water partition coefficient (Wildman–Crippen LogP) is 3.23. The SMILES string of the molecule is CCOC(=O)C(Cc1ccccc1)NC(C)=O.c1cc[c]([SnH]([c]2ccccc2)[c]2ccccc2)cc1. The van der Waals surface area contributed by atoms with Crippen molar-refractivity contribution in [1.82, 2.24) is 5.32 Å². The number of esters is 1. The second kappa shape index (κ2) is 14.9. The zero-order chi connectivity index (χ0) is 25.6. The van der Waals surface area contributed by atoms with Crippen LogP contribution in [0.3, 0.4) is 0 Å². The molecule has 0 aliphatic carbocycles. The van der Waals surface area contributed by atoms with Crippen LogP contribution in [0.4, 0.5) is 0 Å². The number of benzene rings is 4. The van der Waals surface area contributed by atoms with Gasteiger partial charge in [-0.05, 0) is 12.5 Å². The fourth-order valence-electron chi connectivity index (χ4n) is 4.05. The van der Waals surface area contributed by atoms with Crippen molar-refractivity contribution >= 4 is 42.4 Å². The molecule has 184 valence electrons. The Morgan fingerprint density at radius 3 is 1.44 bits per heavy atom. The molecule has 0 bridgehead atoms. The van der Waals surface area contributed by atoms with E-state index in [-0.39, 0.29) is 5.91 Å². The van der Waals surface area contributed by atoms with E-state index in [1.54, 1.807) is 17.7 Å². The first-order valence-electron chi connectivity index (χ1n) is 12.2. The minimum atomic E-state index is -2.14. The molecule has 0 radical (unpaired) electrons. The van der Waals surface area contributed by atoms with Crippen LogP contribution in [-0.2, 0) is 20.7 Å². The van der Waals surface area contributed by atoms with Crippen LogP contribution in [0.15, 0.2) is 121 Å². The van der Waals surface area contributed by atoms with Crippen LogP contribution in [0.2, 0.25) is 0 Å². The van der Waals surface area contributed by atoms with Gasteiger partial charge in [-0.25, -0.2) is 4.79 Å². The molecule has 0 fully saturated rings. The van der Waals surface area contributed by atoms with Gasteiger partial charge < -0.3 is 10.1 Å². The van der Waals surface area contributed by atoms with Crippen molar-refractivity contribution in [2.75, 3.05) is 6.61 Å². The first-order valence-corrected chi connectivity index (χ1v) is 17.1. The Balaban J connectivity index is 0.000000202. The number of nitrogens with one attached hydrogen (secondary N) is 1. The third-order valence-electron chi connectivity index (χ3n) is 5.63. The molecular weight excluding hydrogens is 553 g/mol. The molecule has 4 aromatic carbocycles. The Labute approximate surface area is 221 Å². The molecule has 4 aromatic rings. The Bertz CT molecular complexity index is 1090. The number of amides is 1. The third kappa shape index (κ3) is 8.68. The van der Waals surface area contributed by atoms with Crippen LogP contribution < -0.4 is 16.1 Å². The fourth-order valence-corrected chi connectivity index (χ4v) is 12.5. The van der Waals surface area contributed by atoms with Crippen molar-refractivity contribution in [3.63, 3.8) is 0 Å². The van der Waals surface area contributed by atoms with Gasteiger partial charge in [0.25, 0.3) is 0 Å². The fraction of sp³-hybridized carbons (Fsp3) is 0.161. The number of hydrogen-bond donors (Lipinski definition) is 1. The number of hydrogen-bond acceptors (Lipinski definition) is 3. The van der Waals surface area contributed by atoms with Crippen LogP contribution in [0, 0.1) is 0 Å². The van der Waals surface area contributed by atoms with Crippen molar-refractivity contribution in [1.29, 1.82) is 0 Å². The molecule has 1 N–H and O–H groups in total. The molecular formula is C31H33NO3Sn. The first kappa shape index (κ1) is 27.2. The van der Waals surface area contributed by atoms with Crippen LogP contribution in [0.25, 0.3) is 0 Å². The van der Waals surface area contributed by atoms with Crippen LogP contribution >= 0.6 is 0 Å². The van der Waals surface area contributed by atoms with E-state index in [4.69, 9.17) is 4.74 Å². The Morgan fingerprint density at radius 1 is 0.694 bits per heavy atom. The minimum absolute atomic E-state index is 0.237. The van der Waals surface area contributed by atoms with E-state index >= 15 is 0 Å².